The molecule has 0 aliphatic heterocycles. The van der Waals surface area contributed by atoms with Crippen LogP contribution in [0.4, 0.5) is 158 Å². The Morgan fingerprint density at radius 2 is 0.782 bits per heavy atom. The minimum absolute atomic E-state index is 0.0488. The Kier molecular flexibility index (Phi) is 27.9. The van der Waals surface area contributed by atoms with Gasteiger partial charge in [-0.25, -0.2) is 37.3 Å². The average Bonchev–Trinajstić information content (AvgIpc) is 1.59. The molecule has 124 heavy (non-hydrogen) atoms. The predicted octanol–water partition coefficient (Wildman–Crippen LogP) is 21.9. The molecule has 5 amide bonds. The van der Waals surface area contributed by atoms with Gasteiger partial charge >= 0.3 is 42.9 Å². The molecule has 4 heterocycles. The number of carbonyl (C=O) groups is 6. The Bertz CT molecular complexity index is 5520. The summed E-state index contributed by atoms with van der Waals surface area (Å²) in [7, 11) is 0. The van der Waals surface area contributed by atoms with Gasteiger partial charge in [0.15, 0.2) is 11.6 Å². The number of hydrogen-bond donors (Lipinski definition) is 8. The van der Waals surface area contributed by atoms with Gasteiger partial charge in [0.05, 0.1) is 50.5 Å². The van der Waals surface area contributed by atoms with Crippen molar-refractivity contribution in [3.05, 3.63) is 186 Å². The Balaban J connectivity index is 0.000000190. The lowest BCUT2D eigenvalue weighted by Gasteiger charge is -2.28. The molecular formula is C83H85ClF12N18O10. The zero-order valence-corrected chi connectivity index (χ0v) is 69.2. The van der Waals surface area contributed by atoms with Gasteiger partial charge in [-0.15, -0.1) is 0 Å². The first-order valence-electron chi connectivity index (χ1n) is 38.0. The average molecular weight is 1760 g/mol. The molecule has 10 aromatic rings. The molecule has 41 heteroatoms. The number of fused-ring (bicyclic) bond motifs is 1. The van der Waals surface area contributed by atoms with E-state index in [1.165, 1.54) is 66.7 Å². The molecule has 0 atom stereocenters. The summed E-state index contributed by atoms with van der Waals surface area (Å²) < 4.78 is 182. The first kappa shape index (κ1) is 93.0. The van der Waals surface area contributed by atoms with Crippen LogP contribution in [0.3, 0.4) is 0 Å². The van der Waals surface area contributed by atoms with Gasteiger partial charge in [0.2, 0.25) is 29.0 Å². The number of hydrogen-bond acceptors (Lipinski definition) is 24. The van der Waals surface area contributed by atoms with E-state index in [0.717, 1.165) is 117 Å². The lowest BCUT2D eigenvalue weighted by Crippen LogP contribution is -2.44. The fraction of sp³-hybridized carbons (Fsp3) is 0.337. The molecule has 0 bridgehead atoms. The number of ether oxygens (including phenoxy) is 4. The van der Waals surface area contributed by atoms with Crippen molar-refractivity contribution < 1.29 is 100 Å². The maximum atomic E-state index is 14.4. The summed E-state index contributed by atoms with van der Waals surface area (Å²) in [5.41, 5.74) is 7.68. The number of anilines is 15. The number of nitrogens with one attached hydrogen (secondary N) is 6. The lowest BCUT2D eigenvalue weighted by molar-refractivity contribution is -0.138. The van der Waals surface area contributed by atoms with Crippen molar-refractivity contribution in [2.75, 3.05) is 53.2 Å². The molecule has 0 unspecified atom stereocenters. The number of benzene rings is 6. The third kappa shape index (κ3) is 27.4. The van der Waals surface area contributed by atoms with Crippen LogP contribution in [0.2, 0.25) is 0 Å². The number of amides is 5. The maximum absolute atomic E-state index is 14.4. The normalized spacial score (nSPS) is 13.5. The molecule has 3 aliphatic carbocycles. The van der Waals surface area contributed by atoms with E-state index in [1.54, 1.807) is 93.7 Å². The molecule has 28 nitrogen and oxygen atoms in total. The molecule has 0 radical (unpaired) electrons. The number of imidazole rings is 1. The zero-order chi connectivity index (χ0) is 91.1. The number of imide groups is 2. The minimum atomic E-state index is -4.56. The molecule has 3 fully saturated rings. The van der Waals surface area contributed by atoms with Crippen molar-refractivity contribution >= 4 is 145 Å². The lowest BCUT2D eigenvalue weighted by atomic mass is 10.2. The Hall–Kier alpha value is -13.3. The van der Waals surface area contributed by atoms with E-state index < -0.39 is 99.4 Å². The van der Waals surface area contributed by atoms with Gasteiger partial charge in [-0.2, -0.15) is 79.2 Å². The van der Waals surface area contributed by atoms with Gasteiger partial charge in [0, 0.05) is 59.1 Å². The van der Waals surface area contributed by atoms with Crippen LogP contribution in [-0.4, -0.2) is 97.4 Å². The topological polar surface area (TPSA) is 365 Å². The van der Waals surface area contributed by atoms with Crippen LogP contribution >= 0.6 is 11.6 Å². The monoisotopic (exact) mass is 1760 g/mol. The molecule has 10 N–H and O–H groups in total. The maximum Gasteiger partial charge on any atom is 0.425 e. The molecular weight excluding hydrogens is 1670 g/mol. The van der Waals surface area contributed by atoms with Crippen LogP contribution in [0.5, 0.6) is 0 Å². The SMILES string of the molecule is CC(C)(C)OC(=O)N(C(=O)OC(C)(C)C)c1cc(Nc2ccc(C(F)(F)F)cc2)nc(Nc2cc(F)ccc2N)n1.CC(C)(C)OC(=O)N(C(=O)OC(C)(C)C)c1cc(Nc2ccc(C(F)(F)F)cc2)nc(Nc2cc(F)ccc2NC(=O)C2CC2)n1.Nc1cc(Nc2ccc(C(F)(F)F)cc2)nc(-n2c(C3CC3)nc3ccc(F)cc32)n1.O=C(Cl)C1CC1. The Morgan fingerprint density at radius 3 is 1.15 bits per heavy atom. The third-order valence-electron chi connectivity index (χ3n) is 16.8. The summed E-state index contributed by atoms with van der Waals surface area (Å²) in [5, 5.41) is 16.7. The molecule has 13 rings (SSSR count). The van der Waals surface area contributed by atoms with E-state index in [-0.39, 0.29) is 110 Å². The highest BCUT2D eigenvalue weighted by Gasteiger charge is 2.40. The van der Waals surface area contributed by atoms with Crippen LogP contribution in [0.25, 0.3) is 17.0 Å². The van der Waals surface area contributed by atoms with Gasteiger partial charge in [0.25, 0.3) is 0 Å². The van der Waals surface area contributed by atoms with Gasteiger partial charge in [-0.05, 0) is 255 Å². The Labute approximate surface area is 706 Å². The summed E-state index contributed by atoms with van der Waals surface area (Å²) >= 11 is 5.04. The second-order valence-corrected chi connectivity index (χ2v) is 32.6. The fourth-order valence-electron chi connectivity index (χ4n) is 10.8. The van der Waals surface area contributed by atoms with E-state index in [9.17, 15) is 81.5 Å². The number of nitrogens with zero attached hydrogens (tertiary/aromatic N) is 10. The van der Waals surface area contributed by atoms with Crippen LogP contribution in [0.1, 0.15) is 150 Å². The molecule has 658 valence electrons. The summed E-state index contributed by atoms with van der Waals surface area (Å²) in [4.78, 5) is 107. The number of rotatable bonds is 17. The largest absolute Gasteiger partial charge is 0.443 e. The number of nitrogens with two attached hydrogens (primary N) is 2. The fourth-order valence-corrected chi connectivity index (χ4v) is 11.0. The highest BCUT2D eigenvalue weighted by molar-refractivity contribution is 6.64. The quantitative estimate of drug-likeness (QED) is 0.0182. The third-order valence-corrected chi connectivity index (χ3v) is 17.1. The van der Waals surface area contributed by atoms with Gasteiger partial charge < -0.3 is 62.3 Å². The van der Waals surface area contributed by atoms with Crippen molar-refractivity contribution in [3.8, 4) is 5.95 Å². The van der Waals surface area contributed by atoms with Gasteiger partial charge in [0.1, 0.15) is 69.0 Å². The van der Waals surface area contributed by atoms with Crippen LogP contribution < -0.4 is 53.2 Å². The number of alkyl halides is 9. The molecule has 3 aliphatic rings. The van der Waals surface area contributed by atoms with E-state index in [0.29, 0.717) is 32.3 Å². The predicted molar refractivity (Wildman–Crippen MR) is 440 cm³/mol. The highest BCUT2D eigenvalue weighted by Crippen LogP contribution is 2.43. The van der Waals surface area contributed by atoms with Crippen LogP contribution in [-0.2, 0) is 47.1 Å². The number of halogens is 13. The molecule has 0 spiro atoms. The second kappa shape index (κ2) is 37.2. The summed E-state index contributed by atoms with van der Waals surface area (Å²) in [6.45, 7) is 19.1. The van der Waals surface area contributed by atoms with Crippen LogP contribution in [0.15, 0.2) is 146 Å². The number of aromatic nitrogens is 8. The molecule has 6 aromatic carbocycles. The zero-order valence-electron chi connectivity index (χ0n) is 68.5. The van der Waals surface area contributed by atoms with E-state index in [1.807, 2.05) is 0 Å². The van der Waals surface area contributed by atoms with Crippen LogP contribution in [0, 0.1) is 29.3 Å². The minimum Gasteiger partial charge on any atom is -0.443 e. The molecule has 0 saturated heterocycles. The molecule has 4 aromatic heterocycles. The standard InChI is InChI=1S/C31H34F4N6O5.C27H30F4N6O4.C21H16F4N6.C4H5ClO/c1-29(2,3)45-27(43)41(28(44)46-30(4,5)6)24-16-23(36-20-12-9-18(10-13-20)31(33,34)35)39-26(40-24)38-22-15-19(32)11-14-21(22)37-25(42)17-7-8-17;1-25(2,3)40-23(38)37(24(39)41-26(4,5)6)21-14-20(33-17-10-7-15(8-11-17)27(29,30)31)35-22(36-21)34-19-13-16(28)9-12-18(19)32;22-13-5-8-15-16(9-13)31(19(28-15)11-1-2-11)20-29-17(26)10-18(30-20)27-14-6-3-12(4-7-14)21(23,24)25;5-4(6)3-1-2-3/h9-17H,7-8H2,1-6H3,(H,37,42)(H2,36,38,39,40);7-14H,32H2,1-6H3,(H2,33,34,35,36);3-11H,1-2H2,(H3,26,27,29,30);3H,1-2H2. The van der Waals surface area contributed by atoms with Crippen molar-refractivity contribution in [1.29, 1.82) is 0 Å². The number of nitrogen functional groups attached to an aromatic ring is 2. The highest BCUT2D eigenvalue weighted by atomic mass is 35.5. The first-order chi connectivity index (χ1) is 57.7. The van der Waals surface area contributed by atoms with Crippen molar-refractivity contribution in [1.82, 2.24) is 39.5 Å². The first-order valence-corrected chi connectivity index (χ1v) is 38.4. The second-order valence-electron chi connectivity index (χ2n) is 32.3. The summed E-state index contributed by atoms with van der Waals surface area (Å²) in [6.07, 6.45) is -12.6. The van der Waals surface area contributed by atoms with E-state index in [4.69, 9.17) is 42.0 Å². The smallest absolute Gasteiger partial charge is 0.425 e. The van der Waals surface area contributed by atoms with E-state index in [2.05, 4.69) is 66.8 Å². The molecule has 3 saturated carbocycles. The van der Waals surface area contributed by atoms with Crippen molar-refractivity contribution in [2.24, 2.45) is 11.8 Å². The summed E-state index contributed by atoms with van der Waals surface area (Å²) in [5.74, 6) is -1.59. The van der Waals surface area contributed by atoms with E-state index >= 15 is 0 Å². The van der Waals surface area contributed by atoms with Gasteiger partial charge in [-0.3, -0.25) is 14.2 Å². The Morgan fingerprint density at radius 1 is 0.411 bits per heavy atom. The van der Waals surface area contributed by atoms with Gasteiger partial charge in [-0.1, -0.05) is 0 Å². The summed E-state index contributed by atoms with van der Waals surface area (Å²) in [6, 6.07) is 27.9. The van der Waals surface area contributed by atoms with Crippen molar-refractivity contribution in [2.45, 2.75) is 168 Å². The number of carbonyl (C=O) groups excluding carboxylic acids is 6. The van der Waals surface area contributed by atoms with Crippen molar-refractivity contribution in [3.63, 3.8) is 0 Å².